The van der Waals surface area contributed by atoms with E-state index in [2.05, 4.69) is 5.32 Å². The summed E-state index contributed by atoms with van der Waals surface area (Å²) in [6, 6.07) is 11.7. The molecule has 0 aliphatic carbocycles. The van der Waals surface area contributed by atoms with Gasteiger partial charge in [-0.1, -0.05) is 18.2 Å². The Balaban J connectivity index is 1.56. The summed E-state index contributed by atoms with van der Waals surface area (Å²) in [5.74, 6) is -0.0725. The van der Waals surface area contributed by atoms with E-state index in [1.165, 1.54) is 22.9 Å². The van der Waals surface area contributed by atoms with Crippen LogP contribution in [0, 0.1) is 16.0 Å². The van der Waals surface area contributed by atoms with Crippen molar-refractivity contribution in [3.63, 3.8) is 0 Å². The first-order valence-electron chi connectivity index (χ1n) is 8.46. The Labute approximate surface area is 150 Å². The Morgan fingerprint density at radius 3 is 2.50 bits per heavy atom. The van der Waals surface area contributed by atoms with E-state index in [4.69, 9.17) is 0 Å². The second-order valence-corrected chi connectivity index (χ2v) is 6.34. The molecule has 1 amide bonds. The highest BCUT2D eigenvalue weighted by molar-refractivity contribution is 5.92. The van der Waals surface area contributed by atoms with Crippen molar-refractivity contribution in [2.45, 2.75) is 19.5 Å². The van der Waals surface area contributed by atoms with Gasteiger partial charge in [-0.05, 0) is 25.0 Å². The minimum absolute atomic E-state index is 0.00312. The van der Waals surface area contributed by atoms with Gasteiger partial charge in [-0.3, -0.25) is 29.2 Å². The van der Waals surface area contributed by atoms with E-state index in [9.17, 15) is 19.7 Å². The van der Waals surface area contributed by atoms with Gasteiger partial charge in [-0.2, -0.15) is 0 Å². The number of amides is 1. The maximum absolute atomic E-state index is 12.3. The molecule has 8 heteroatoms. The van der Waals surface area contributed by atoms with Crippen molar-refractivity contribution in [3.8, 4) is 0 Å². The molecule has 3 rings (SSSR count). The summed E-state index contributed by atoms with van der Waals surface area (Å²) in [5.41, 5.74) is 0.393. The summed E-state index contributed by atoms with van der Waals surface area (Å²) in [6.45, 7) is 1.59. The standard InChI is InChI=1S/C18H20N4O4/c23-17-7-6-16(22(25)26)12-21(17)13-20-10-8-14(9-11-20)18(24)19-15-4-2-1-3-5-15/h1-7,12,14H,8-11,13H2,(H,19,24). The largest absolute Gasteiger partial charge is 0.326 e. The molecule has 1 N–H and O–H groups in total. The van der Waals surface area contributed by atoms with Gasteiger partial charge in [-0.15, -0.1) is 0 Å². The number of benzene rings is 1. The predicted octanol–water partition coefficient (Wildman–Crippen LogP) is 2.06. The molecule has 1 saturated heterocycles. The summed E-state index contributed by atoms with van der Waals surface area (Å²) < 4.78 is 1.34. The van der Waals surface area contributed by atoms with E-state index in [-0.39, 0.29) is 29.7 Å². The fourth-order valence-corrected chi connectivity index (χ4v) is 3.06. The number of aromatic nitrogens is 1. The quantitative estimate of drug-likeness (QED) is 0.653. The fraction of sp³-hybridized carbons (Fsp3) is 0.333. The average molecular weight is 356 g/mol. The maximum Gasteiger partial charge on any atom is 0.285 e. The third-order valence-corrected chi connectivity index (χ3v) is 4.53. The van der Waals surface area contributed by atoms with E-state index >= 15 is 0 Å². The summed E-state index contributed by atoms with van der Waals surface area (Å²) >= 11 is 0. The number of nitrogens with one attached hydrogen (secondary N) is 1. The molecule has 0 saturated carbocycles. The van der Waals surface area contributed by atoms with Crippen molar-refractivity contribution in [1.29, 1.82) is 0 Å². The first-order valence-corrected chi connectivity index (χ1v) is 8.46. The van der Waals surface area contributed by atoms with Crippen LogP contribution in [0.4, 0.5) is 11.4 Å². The Morgan fingerprint density at radius 2 is 1.85 bits per heavy atom. The lowest BCUT2D eigenvalue weighted by molar-refractivity contribution is -0.385. The molecule has 1 aliphatic heterocycles. The van der Waals surface area contributed by atoms with Crippen LogP contribution < -0.4 is 10.9 Å². The van der Waals surface area contributed by atoms with Gasteiger partial charge in [0, 0.05) is 36.8 Å². The number of carbonyl (C=O) groups excluding carboxylic acids is 1. The van der Waals surface area contributed by atoms with Crippen molar-refractivity contribution in [3.05, 3.63) is 69.1 Å². The van der Waals surface area contributed by atoms with Crippen LogP contribution in [0.5, 0.6) is 0 Å². The van der Waals surface area contributed by atoms with Crippen molar-refractivity contribution in [1.82, 2.24) is 9.47 Å². The zero-order valence-electron chi connectivity index (χ0n) is 14.2. The number of anilines is 1. The number of hydrogen-bond acceptors (Lipinski definition) is 5. The van der Waals surface area contributed by atoms with Crippen LogP contribution in [0.25, 0.3) is 0 Å². The van der Waals surface area contributed by atoms with Crippen LogP contribution in [-0.2, 0) is 11.5 Å². The monoisotopic (exact) mass is 356 g/mol. The highest BCUT2D eigenvalue weighted by Gasteiger charge is 2.25. The molecule has 136 valence electrons. The molecule has 0 bridgehead atoms. The zero-order valence-corrected chi connectivity index (χ0v) is 14.2. The highest BCUT2D eigenvalue weighted by Crippen LogP contribution is 2.20. The third-order valence-electron chi connectivity index (χ3n) is 4.53. The van der Waals surface area contributed by atoms with Crippen LogP contribution in [-0.4, -0.2) is 33.4 Å². The van der Waals surface area contributed by atoms with Gasteiger partial charge < -0.3 is 5.32 Å². The molecule has 2 heterocycles. The maximum atomic E-state index is 12.3. The Hall–Kier alpha value is -3.00. The van der Waals surface area contributed by atoms with Crippen molar-refractivity contribution < 1.29 is 9.72 Å². The molecule has 8 nitrogen and oxygen atoms in total. The van der Waals surface area contributed by atoms with Gasteiger partial charge in [0.2, 0.25) is 5.91 Å². The Morgan fingerprint density at radius 1 is 1.15 bits per heavy atom. The number of pyridine rings is 1. The van der Waals surface area contributed by atoms with Gasteiger partial charge in [0.05, 0.1) is 17.8 Å². The number of likely N-dealkylation sites (tertiary alicyclic amines) is 1. The van der Waals surface area contributed by atoms with Gasteiger partial charge in [0.15, 0.2) is 0 Å². The molecule has 26 heavy (non-hydrogen) atoms. The Bertz CT molecular complexity index is 842. The van der Waals surface area contributed by atoms with E-state index < -0.39 is 4.92 Å². The van der Waals surface area contributed by atoms with Crippen LogP contribution in [0.15, 0.2) is 53.5 Å². The van der Waals surface area contributed by atoms with Gasteiger partial charge >= 0.3 is 0 Å². The molecule has 0 unspecified atom stereocenters. The van der Waals surface area contributed by atoms with Gasteiger partial charge in [0.1, 0.15) is 0 Å². The normalized spacial score (nSPS) is 15.5. The van der Waals surface area contributed by atoms with Crippen LogP contribution in [0.1, 0.15) is 12.8 Å². The van der Waals surface area contributed by atoms with E-state index in [1.54, 1.807) is 0 Å². The second-order valence-electron chi connectivity index (χ2n) is 6.34. The minimum Gasteiger partial charge on any atom is -0.326 e. The SMILES string of the molecule is O=C(Nc1ccccc1)C1CCN(Cn2cc([N+](=O)[O-])ccc2=O)CC1. The molecule has 0 radical (unpaired) electrons. The summed E-state index contributed by atoms with van der Waals surface area (Å²) in [4.78, 5) is 36.6. The topological polar surface area (TPSA) is 97.5 Å². The summed E-state index contributed by atoms with van der Waals surface area (Å²) in [6.07, 6.45) is 2.63. The smallest absolute Gasteiger partial charge is 0.285 e. The van der Waals surface area contributed by atoms with Gasteiger partial charge in [0.25, 0.3) is 11.2 Å². The molecule has 1 aliphatic rings. The molecular weight excluding hydrogens is 336 g/mol. The van der Waals surface area contributed by atoms with Gasteiger partial charge in [-0.25, -0.2) is 0 Å². The molecule has 0 spiro atoms. The first kappa shape index (κ1) is 17.8. The van der Waals surface area contributed by atoms with E-state index in [0.717, 1.165) is 5.69 Å². The molecule has 1 fully saturated rings. The second kappa shape index (κ2) is 7.92. The lowest BCUT2D eigenvalue weighted by atomic mass is 9.96. The van der Waals surface area contributed by atoms with Crippen molar-refractivity contribution in [2.24, 2.45) is 5.92 Å². The van der Waals surface area contributed by atoms with E-state index in [0.29, 0.717) is 25.9 Å². The number of carbonyl (C=O) groups is 1. The zero-order chi connectivity index (χ0) is 18.5. The number of nitro groups is 1. The number of hydrogen-bond donors (Lipinski definition) is 1. The van der Waals surface area contributed by atoms with E-state index in [1.807, 2.05) is 35.2 Å². The number of rotatable bonds is 5. The molecule has 1 aromatic heterocycles. The molecule has 2 aromatic rings. The predicted molar refractivity (Wildman–Crippen MR) is 96.7 cm³/mol. The number of para-hydroxylation sites is 1. The first-order chi connectivity index (χ1) is 12.5. The Kier molecular flexibility index (Phi) is 5.43. The number of nitrogens with zero attached hydrogens (tertiary/aromatic N) is 3. The number of piperidine rings is 1. The molecule has 0 atom stereocenters. The lowest BCUT2D eigenvalue weighted by Crippen LogP contribution is -2.40. The molecular formula is C18H20N4O4. The summed E-state index contributed by atoms with van der Waals surface area (Å²) in [5, 5.41) is 13.8. The fourth-order valence-electron chi connectivity index (χ4n) is 3.06. The van der Waals surface area contributed by atoms with Crippen molar-refractivity contribution >= 4 is 17.3 Å². The summed E-state index contributed by atoms with van der Waals surface area (Å²) in [7, 11) is 0. The average Bonchev–Trinajstić information content (AvgIpc) is 2.64. The van der Waals surface area contributed by atoms with Crippen LogP contribution in [0.2, 0.25) is 0 Å². The highest BCUT2D eigenvalue weighted by atomic mass is 16.6. The van der Waals surface area contributed by atoms with Crippen molar-refractivity contribution in [2.75, 3.05) is 18.4 Å². The lowest BCUT2D eigenvalue weighted by Gasteiger charge is -2.31. The van der Waals surface area contributed by atoms with Crippen LogP contribution in [0.3, 0.4) is 0 Å². The third kappa shape index (κ3) is 4.34. The molecule has 1 aromatic carbocycles. The van der Waals surface area contributed by atoms with Crippen LogP contribution >= 0.6 is 0 Å². The minimum atomic E-state index is -0.518.